The summed E-state index contributed by atoms with van der Waals surface area (Å²) >= 11 is 0. The van der Waals surface area contributed by atoms with E-state index in [9.17, 15) is 9.59 Å². The van der Waals surface area contributed by atoms with Gasteiger partial charge in [-0.15, -0.1) is 0 Å². The molecule has 1 fully saturated rings. The molecule has 1 heterocycles. The van der Waals surface area contributed by atoms with Gasteiger partial charge in [0, 0.05) is 13.2 Å². The van der Waals surface area contributed by atoms with E-state index in [4.69, 9.17) is 14.2 Å². The summed E-state index contributed by atoms with van der Waals surface area (Å²) in [6.07, 6.45) is 5.75. The Labute approximate surface area is 155 Å². The number of fused-ring (bicyclic) bond motifs is 3. The summed E-state index contributed by atoms with van der Waals surface area (Å²) in [4.78, 5) is 25.1. The minimum absolute atomic E-state index is 0.00913. The van der Waals surface area contributed by atoms with Crippen molar-refractivity contribution in [3.05, 3.63) is 23.3 Å². The lowest BCUT2D eigenvalue weighted by Crippen LogP contribution is -2.58. The predicted octanol–water partition coefficient (Wildman–Crippen LogP) is 3.43. The Kier molecular flexibility index (Phi) is 4.80. The minimum Gasteiger partial charge on any atom is -0.469 e. The molecular weight excluding hydrogens is 332 g/mol. The average Bonchev–Trinajstić information content (AvgIpc) is 2.60. The maximum Gasteiger partial charge on any atom is 0.331 e. The van der Waals surface area contributed by atoms with E-state index in [0.29, 0.717) is 0 Å². The summed E-state index contributed by atoms with van der Waals surface area (Å²) in [7, 11) is 3.09. The van der Waals surface area contributed by atoms with Crippen LogP contribution >= 0.6 is 0 Å². The molecule has 0 saturated heterocycles. The van der Waals surface area contributed by atoms with Gasteiger partial charge in [-0.05, 0) is 54.6 Å². The molecule has 0 amide bonds. The summed E-state index contributed by atoms with van der Waals surface area (Å²) in [5, 5.41) is 0. The Bertz CT molecular complexity index is 676. The molecule has 144 valence electrons. The van der Waals surface area contributed by atoms with Crippen molar-refractivity contribution in [2.45, 2.75) is 59.2 Å². The number of carbonyl (C=O) groups is 2. The second-order valence-corrected chi connectivity index (χ2v) is 8.56. The van der Waals surface area contributed by atoms with E-state index in [0.717, 1.165) is 30.4 Å². The lowest BCUT2D eigenvalue weighted by Gasteiger charge is -2.57. The van der Waals surface area contributed by atoms with Gasteiger partial charge in [0.15, 0.2) is 0 Å². The standard InChI is InChI=1S/C21H30O5/c1-12(2)18-13-7-8-15-20(3,14(13)11-17(22)26-18)10-9-16(24-5)21(15,4)19(23)25-6/h7,11-12,15-16,18H,8-10H2,1-6H3/t15-,16+,18-,20-,21-/m1/s1. The SMILES string of the molecule is COC(=O)[C@@]1(C)[C@@H](OC)CC[C@]2(C)C3=CC(=O)O[C@H](C(C)C)C3=CC[C@@H]12. The molecule has 3 aliphatic rings. The fraction of sp³-hybridized carbons (Fsp3) is 0.714. The molecule has 26 heavy (non-hydrogen) atoms. The van der Waals surface area contributed by atoms with Crippen molar-refractivity contribution in [2.24, 2.45) is 22.7 Å². The van der Waals surface area contributed by atoms with E-state index in [1.165, 1.54) is 7.11 Å². The second-order valence-electron chi connectivity index (χ2n) is 8.56. The van der Waals surface area contributed by atoms with Crippen LogP contribution in [-0.2, 0) is 23.8 Å². The topological polar surface area (TPSA) is 61.8 Å². The summed E-state index contributed by atoms with van der Waals surface area (Å²) < 4.78 is 16.5. The first-order valence-corrected chi connectivity index (χ1v) is 9.44. The molecule has 0 spiro atoms. The number of hydrogen-bond acceptors (Lipinski definition) is 5. The van der Waals surface area contributed by atoms with Gasteiger partial charge in [-0.3, -0.25) is 4.79 Å². The van der Waals surface area contributed by atoms with Crippen molar-refractivity contribution in [1.82, 2.24) is 0 Å². The molecule has 0 bridgehead atoms. The monoisotopic (exact) mass is 362 g/mol. The Morgan fingerprint density at radius 2 is 2.00 bits per heavy atom. The lowest BCUT2D eigenvalue weighted by molar-refractivity contribution is -0.180. The number of esters is 2. The zero-order valence-corrected chi connectivity index (χ0v) is 16.6. The van der Waals surface area contributed by atoms with Crippen LogP contribution in [0, 0.1) is 22.7 Å². The van der Waals surface area contributed by atoms with Gasteiger partial charge in [-0.1, -0.05) is 26.8 Å². The Morgan fingerprint density at radius 3 is 2.58 bits per heavy atom. The van der Waals surface area contributed by atoms with Gasteiger partial charge in [0.25, 0.3) is 0 Å². The van der Waals surface area contributed by atoms with Crippen LogP contribution in [-0.4, -0.2) is 38.4 Å². The van der Waals surface area contributed by atoms with Crippen molar-refractivity contribution in [3.8, 4) is 0 Å². The first-order valence-electron chi connectivity index (χ1n) is 9.44. The molecule has 0 N–H and O–H groups in total. The fourth-order valence-corrected chi connectivity index (χ4v) is 5.51. The summed E-state index contributed by atoms with van der Waals surface area (Å²) in [5.41, 5.74) is 1.11. The van der Waals surface area contributed by atoms with Crippen molar-refractivity contribution >= 4 is 11.9 Å². The van der Waals surface area contributed by atoms with E-state index >= 15 is 0 Å². The molecule has 0 aromatic heterocycles. The molecular formula is C21H30O5. The van der Waals surface area contributed by atoms with Gasteiger partial charge >= 0.3 is 11.9 Å². The normalized spacial score (nSPS) is 39.3. The highest BCUT2D eigenvalue weighted by Crippen LogP contribution is 2.61. The van der Waals surface area contributed by atoms with Crippen molar-refractivity contribution in [1.29, 1.82) is 0 Å². The zero-order chi connectivity index (χ0) is 19.3. The van der Waals surface area contributed by atoms with Crippen LogP contribution in [0.2, 0.25) is 0 Å². The number of ether oxygens (including phenoxy) is 3. The Balaban J connectivity index is 2.13. The number of rotatable bonds is 3. The van der Waals surface area contributed by atoms with Gasteiger partial charge in [0.1, 0.15) is 6.10 Å². The molecule has 0 unspecified atom stereocenters. The fourth-order valence-electron chi connectivity index (χ4n) is 5.51. The Hall–Kier alpha value is -1.62. The molecule has 0 aromatic carbocycles. The number of methoxy groups -OCH3 is 2. The lowest BCUT2D eigenvalue weighted by atomic mass is 9.48. The number of carbonyl (C=O) groups excluding carboxylic acids is 2. The molecule has 5 heteroatoms. The smallest absolute Gasteiger partial charge is 0.331 e. The van der Waals surface area contributed by atoms with Crippen LogP contribution < -0.4 is 0 Å². The number of cyclic esters (lactones) is 1. The van der Waals surface area contributed by atoms with Crippen molar-refractivity contribution in [2.75, 3.05) is 14.2 Å². The molecule has 5 atom stereocenters. The summed E-state index contributed by atoms with van der Waals surface area (Å²) in [6, 6.07) is 0. The van der Waals surface area contributed by atoms with Crippen LogP contribution in [0.1, 0.15) is 47.0 Å². The zero-order valence-electron chi connectivity index (χ0n) is 16.6. The predicted molar refractivity (Wildman–Crippen MR) is 97.3 cm³/mol. The van der Waals surface area contributed by atoms with Crippen molar-refractivity contribution < 1.29 is 23.8 Å². The second kappa shape index (κ2) is 6.52. The molecule has 0 radical (unpaired) electrons. The van der Waals surface area contributed by atoms with Gasteiger partial charge in [0.2, 0.25) is 0 Å². The molecule has 1 saturated carbocycles. The molecule has 1 aliphatic heterocycles. The van der Waals surface area contributed by atoms with E-state index in [2.05, 4.69) is 26.8 Å². The van der Waals surface area contributed by atoms with Crippen LogP contribution in [0.15, 0.2) is 23.3 Å². The number of allylic oxidation sites excluding steroid dienone is 1. The molecule has 5 nitrogen and oxygen atoms in total. The van der Waals surface area contributed by atoms with E-state index in [-0.39, 0.29) is 41.4 Å². The third kappa shape index (κ3) is 2.55. The average molecular weight is 362 g/mol. The van der Waals surface area contributed by atoms with Crippen LogP contribution in [0.4, 0.5) is 0 Å². The van der Waals surface area contributed by atoms with Gasteiger partial charge in [-0.2, -0.15) is 0 Å². The minimum atomic E-state index is -0.756. The van der Waals surface area contributed by atoms with E-state index < -0.39 is 5.41 Å². The first-order chi connectivity index (χ1) is 12.2. The van der Waals surface area contributed by atoms with E-state index in [1.54, 1.807) is 13.2 Å². The van der Waals surface area contributed by atoms with Gasteiger partial charge in [0.05, 0.1) is 18.6 Å². The maximum absolute atomic E-state index is 12.8. The highest BCUT2D eigenvalue weighted by atomic mass is 16.5. The number of hydrogen-bond donors (Lipinski definition) is 0. The molecule has 3 rings (SSSR count). The first kappa shape index (κ1) is 19.2. The highest BCUT2D eigenvalue weighted by molar-refractivity contribution is 5.87. The van der Waals surface area contributed by atoms with Gasteiger partial charge in [-0.25, -0.2) is 4.79 Å². The van der Waals surface area contributed by atoms with Crippen LogP contribution in [0.25, 0.3) is 0 Å². The van der Waals surface area contributed by atoms with E-state index in [1.807, 2.05) is 6.92 Å². The van der Waals surface area contributed by atoms with Crippen LogP contribution in [0.3, 0.4) is 0 Å². The summed E-state index contributed by atoms with van der Waals surface area (Å²) in [6.45, 7) is 8.27. The largest absolute Gasteiger partial charge is 0.469 e. The molecule has 0 aromatic rings. The quantitative estimate of drug-likeness (QED) is 0.720. The van der Waals surface area contributed by atoms with Crippen molar-refractivity contribution in [3.63, 3.8) is 0 Å². The highest BCUT2D eigenvalue weighted by Gasteiger charge is 2.61. The summed E-state index contributed by atoms with van der Waals surface area (Å²) in [5.74, 6) is -0.311. The third-order valence-corrected chi connectivity index (χ3v) is 6.91. The Morgan fingerprint density at radius 1 is 1.31 bits per heavy atom. The molecule has 2 aliphatic carbocycles. The maximum atomic E-state index is 12.8. The van der Waals surface area contributed by atoms with Gasteiger partial charge < -0.3 is 14.2 Å². The third-order valence-electron chi connectivity index (χ3n) is 6.91. The van der Waals surface area contributed by atoms with Crippen LogP contribution in [0.5, 0.6) is 0 Å².